The number of esters is 1. The van der Waals surface area contributed by atoms with Gasteiger partial charge < -0.3 is 10.1 Å². The average molecular weight is 171 g/mol. The number of hydrogen-bond acceptors (Lipinski definition) is 4. The molecule has 0 amide bonds. The number of rotatable bonds is 5. The molecule has 12 heavy (non-hydrogen) atoms. The molecule has 0 saturated carbocycles. The monoisotopic (exact) mass is 171 g/mol. The Morgan fingerprint density at radius 3 is 2.50 bits per heavy atom. The van der Waals surface area contributed by atoms with Gasteiger partial charge >= 0.3 is 5.97 Å². The zero-order valence-corrected chi connectivity index (χ0v) is 7.29. The summed E-state index contributed by atoms with van der Waals surface area (Å²) in [4.78, 5) is 21.6. The number of carbonyl (C=O) groups excluding carboxylic acids is 2. The minimum Gasteiger partial charge on any atom is -0.465 e. The van der Waals surface area contributed by atoms with E-state index in [0.29, 0.717) is 0 Å². The topological polar surface area (TPSA) is 67.2 Å². The smallest absolute Gasteiger partial charge is 0.314 e. The number of nitrogens with one attached hydrogen (secondary N) is 1. The first-order valence-corrected chi connectivity index (χ1v) is 3.78. The van der Waals surface area contributed by atoms with Gasteiger partial charge in [0, 0.05) is 12.6 Å². The number of hydrogen-bond donors (Lipinski definition) is 1. The Bertz CT molecular complexity index is 189. The molecule has 0 rings (SSSR count). The van der Waals surface area contributed by atoms with Crippen LogP contribution in [0.3, 0.4) is 0 Å². The summed E-state index contributed by atoms with van der Waals surface area (Å²) in [5.41, 5.74) is 0. The molecule has 0 aromatic carbocycles. The van der Waals surface area contributed by atoms with Crippen LogP contribution in [0.5, 0.6) is 0 Å². The maximum atomic E-state index is 11.0. The third-order valence-electron chi connectivity index (χ3n) is 1.30. The van der Waals surface area contributed by atoms with Crippen molar-refractivity contribution in [3.8, 4) is 0 Å². The van der Waals surface area contributed by atoms with Gasteiger partial charge in [-0.1, -0.05) is 0 Å². The molecule has 0 aliphatic rings. The molecule has 1 unspecified atom stereocenters. The molecule has 0 saturated heterocycles. The second-order valence-electron chi connectivity index (χ2n) is 2.43. The van der Waals surface area contributed by atoms with Crippen molar-refractivity contribution >= 4 is 18.0 Å². The predicted molar refractivity (Wildman–Crippen MR) is 44.2 cm³/mol. The summed E-state index contributed by atoms with van der Waals surface area (Å²) in [6, 6.07) is 0. The van der Waals surface area contributed by atoms with Gasteiger partial charge in [-0.05, 0) is 13.8 Å². The van der Waals surface area contributed by atoms with Crippen LogP contribution in [-0.4, -0.2) is 24.6 Å². The lowest BCUT2D eigenvalue weighted by Crippen LogP contribution is -2.21. The summed E-state index contributed by atoms with van der Waals surface area (Å²) in [7, 11) is 0. The largest absolute Gasteiger partial charge is 0.465 e. The van der Waals surface area contributed by atoms with Crippen molar-refractivity contribution in [3.63, 3.8) is 0 Å². The predicted octanol–water partition coefficient (Wildman–Crippen LogP) is 0.794. The lowest BCUT2D eigenvalue weighted by Gasteiger charge is -2.07. The normalized spacial score (nSPS) is 11.8. The molecule has 0 aliphatic heterocycles. The third kappa shape index (κ3) is 3.85. The lowest BCUT2D eigenvalue weighted by molar-refractivity contribution is -0.146. The first-order chi connectivity index (χ1) is 5.61. The molecule has 0 radical (unpaired) electrons. The van der Waals surface area contributed by atoms with Crippen LogP contribution in [0.4, 0.5) is 0 Å². The highest BCUT2D eigenvalue weighted by atomic mass is 16.5. The zero-order valence-electron chi connectivity index (χ0n) is 7.29. The Morgan fingerprint density at radius 1 is 1.58 bits per heavy atom. The second kappa shape index (κ2) is 5.46. The van der Waals surface area contributed by atoms with Crippen molar-refractivity contribution in [2.24, 2.45) is 5.92 Å². The van der Waals surface area contributed by atoms with Gasteiger partial charge in [0.05, 0.1) is 12.5 Å². The van der Waals surface area contributed by atoms with E-state index < -0.39 is 11.9 Å². The summed E-state index contributed by atoms with van der Waals surface area (Å²) in [6.45, 7) is 3.35. The van der Waals surface area contributed by atoms with Gasteiger partial charge in [0.2, 0.25) is 0 Å². The van der Waals surface area contributed by atoms with Crippen LogP contribution >= 0.6 is 0 Å². The van der Waals surface area contributed by atoms with E-state index in [1.165, 1.54) is 6.92 Å². The highest BCUT2D eigenvalue weighted by Gasteiger charge is 2.18. The number of ketones is 1. The lowest BCUT2D eigenvalue weighted by atomic mass is 10.1. The molecule has 1 N–H and O–H groups in total. The van der Waals surface area contributed by atoms with Gasteiger partial charge in [-0.15, -0.1) is 0 Å². The number of carbonyl (C=O) groups is 2. The quantitative estimate of drug-likeness (QED) is 0.491. The van der Waals surface area contributed by atoms with Crippen molar-refractivity contribution in [3.05, 3.63) is 0 Å². The summed E-state index contributed by atoms with van der Waals surface area (Å²) in [6.07, 6.45) is 1.00. The molecular formula is C8H13NO3. The Kier molecular flexibility index (Phi) is 4.92. The standard InChI is InChI=1S/C8H13NO3/c1-3-12-8(11)7(5-9)4-6(2)10/h5,7,9H,3-4H2,1-2H3. The molecule has 1 atom stereocenters. The van der Waals surface area contributed by atoms with Gasteiger partial charge in [-0.2, -0.15) is 0 Å². The van der Waals surface area contributed by atoms with Crippen molar-refractivity contribution in [1.82, 2.24) is 0 Å². The summed E-state index contributed by atoms with van der Waals surface area (Å²) in [5.74, 6) is -1.32. The van der Waals surface area contributed by atoms with E-state index in [4.69, 9.17) is 5.41 Å². The average Bonchev–Trinajstić information content (AvgIpc) is 2.00. The number of Topliss-reactive ketones (excluding diaryl/α,β-unsaturated/α-hetero) is 1. The van der Waals surface area contributed by atoms with E-state index in [0.717, 1.165) is 6.21 Å². The molecule has 0 aromatic heterocycles. The molecule has 0 fully saturated rings. The fourth-order valence-electron chi connectivity index (χ4n) is 0.769. The van der Waals surface area contributed by atoms with Crippen LogP contribution < -0.4 is 0 Å². The molecular weight excluding hydrogens is 158 g/mol. The van der Waals surface area contributed by atoms with Crippen molar-refractivity contribution in [1.29, 1.82) is 5.41 Å². The molecule has 0 aliphatic carbocycles. The molecule has 0 heterocycles. The van der Waals surface area contributed by atoms with Crippen molar-refractivity contribution in [2.45, 2.75) is 20.3 Å². The Balaban J connectivity index is 4.05. The molecule has 4 heteroatoms. The van der Waals surface area contributed by atoms with Crippen LogP contribution in [0.15, 0.2) is 0 Å². The van der Waals surface area contributed by atoms with Crippen LogP contribution in [0.25, 0.3) is 0 Å². The van der Waals surface area contributed by atoms with Gasteiger partial charge in [-0.3, -0.25) is 9.59 Å². The minimum absolute atomic E-state index is 0.0579. The number of ether oxygens (including phenoxy) is 1. The van der Waals surface area contributed by atoms with Crippen molar-refractivity contribution < 1.29 is 14.3 Å². The van der Waals surface area contributed by atoms with Crippen LogP contribution in [0.2, 0.25) is 0 Å². The van der Waals surface area contributed by atoms with E-state index in [1.807, 2.05) is 0 Å². The SMILES string of the molecule is CCOC(=O)C(C=N)CC(C)=O. The zero-order chi connectivity index (χ0) is 9.56. The molecule has 0 aromatic rings. The van der Waals surface area contributed by atoms with Crippen LogP contribution in [0.1, 0.15) is 20.3 Å². The fraction of sp³-hybridized carbons (Fsp3) is 0.625. The van der Waals surface area contributed by atoms with E-state index in [1.54, 1.807) is 6.92 Å². The highest BCUT2D eigenvalue weighted by Crippen LogP contribution is 2.03. The molecule has 68 valence electrons. The van der Waals surface area contributed by atoms with E-state index >= 15 is 0 Å². The Labute approximate surface area is 71.4 Å². The van der Waals surface area contributed by atoms with Crippen molar-refractivity contribution in [2.75, 3.05) is 6.61 Å². The second-order valence-corrected chi connectivity index (χ2v) is 2.43. The van der Waals surface area contributed by atoms with Gasteiger partial charge in [0.15, 0.2) is 0 Å². The van der Waals surface area contributed by atoms with Gasteiger partial charge in [-0.25, -0.2) is 0 Å². The maximum Gasteiger partial charge on any atom is 0.314 e. The maximum absolute atomic E-state index is 11.0. The summed E-state index contributed by atoms with van der Waals surface area (Å²) < 4.78 is 4.65. The van der Waals surface area contributed by atoms with E-state index in [-0.39, 0.29) is 18.8 Å². The molecule has 0 spiro atoms. The van der Waals surface area contributed by atoms with Crippen LogP contribution in [0, 0.1) is 11.3 Å². The third-order valence-corrected chi connectivity index (χ3v) is 1.30. The summed E-state index contributed by atoms with van der Waals surface area (Å²) in [5, 5.41) is 6.88. The van der Waals surface area contributed by atoms with E-state index in [2.05, 4.69) is 4.74 Å². The van der Waals surface area contributed by atoms with E-state index in [9.17, 15) is 9.59 Å². The summed E-state index contributed by atoms with van der Waals surface area (Å²) >= 11 is 0. The Hall–Kier alpha value is -1.19. The minimum atomic E-state index is -0.706. The highest BCUT2D eigenvalue weighted by molar-refractivity contribution is 5.93. The van der Waals surface area contributed by atoms with Crippen LogP contribution in [-0.2, 0) is 14.3 Å². The fourth-order valence-corrected chi connectivity index (χ4v) is 0.769. The molecule has 0 bridgehead atoms. The Morgan fingerprint density at radius 2 is 2.17 bits per heavy atom. The van der Waals surface area contributed by atoms with Gasteiger partial charge in [0.25, 0.3) is 0 Å². The first kappa shape index (κ1) is 10.8. The molecule has 4 nitrogen and oxygen atoms in total. The van der Waals surface area contributed by atoms with Gasteiger partial charge in [0.1, 0.15) is 5.78 Å². The first-order valence-electron chi connectivity index (χ1n) is 3.78.